The van der Waals surface area contributed by atoms with Crippen molar-refractivity contribution in [1.29, 1.82) is 0 Å². The molecule has 4 rings (SSSR count). The second-order valence-electron chi connectivity index (χ2n) is 7.27. The van der Waals surface area contributed by atoms with Crippen LogP contribution in [0.2, 0.25) is 0 Å². The van der Waals surface area contributed by atoms with Crippen molar-refractivity contribution in [3.63, 3.8) is 0 Å². The molecule has 1 amide bonds. The normalized spacial score (nSPS) is 24.2. The molecule has 3 heterocycles. The van der Waals surface area contributed by atoms with Crippen LogP contribution in [0.3, 0.4) is 0 Å². The SMILES string of the molecule is O=C(CCCc1c[nH]c2ccccc12)N[C@@H]1CCN2CCCC[C@@H]12. The Bertz CT molecular complexity index is 708. The van der Waals surface area contributed by atoms with E-state index in [4.69, 9.17) is 0 Å². The molecule has 2 fully saturated rings. The Hall–Kier alpha value is -1.81. The maximum Gasteiger partial charge on any atom is 0.220 e. The highest BCUT2D eigenvalue weighted by atomic mass is 16.1. The Morgan fingerprint density at radius 2 is 2.12 bits per heavy atom. The molecular weight excluding hydrogens is 298 g/mol. The van der Waals surface area contributed by atoms with Crippen molar-refractivity contribution in [3.05, 3.63) is 36.0 Å². The summed E-state index contributed by atoms with van der Waals surface area (Å²) in [4.78, 5) is 18.2. The molecule has 0 bridgehead atoms. The number of H-pyrrole nitrogens is 1. The molecule has 2 aliphatic heterocycles. The molecule has 1 aromatic heterocycles. The van der Waals surface area contributed by atoms with Crippen LogP contribution < -0.4 is 5.32 Å². The number of aromatic amines is 1. The summed E-state index contributed by atoms with van der Waals surface area (Å²) in [6, 6.07) is 9.34. The number of fused-ring (bicyclic) bond motifs is 2. The number of benzene rings is 1. The van der Waals surface area contributed by atoms with Gasteiger partial charge in [0.1, 0.15) is 0 Å². The lowest BCUT2D eigenvalue weighted by molar-refractivity contribution is -0.122. The smallest absolute Gasteiger partial charge is 0.220 e. The van der Waals surface area contributed by atoms with Crippen LogP contribution in [0.15, 0.2) is 30.5 Å². The molecule has 4 nitrogen and oxygen atoms in total. The quantitative estimate of drug-likeness (QED) is 0.886. The van der Waals surface area contributed by atoms with E-state index in [0.717, 1.165) is 25.8 Å². The van der Waals surface area contributed by atoms with Crippen molar-refractivity contribution >= 4 is 16.8 Å². The van der Waals surface area contributed by atoms with Gasteiger partial charge in [0.15, 0.2) is 0 Å². The summed E-state index contributed by atoms with van der Waals surface area (Å²) >= 11 is 0. The third-order valence-electron chi connectivity index (χ3n) is 5.73. The second-order valence-corrected chi connectivity index (χ2v) is 7.27. The van der Waals surface area contributed by atoms with Gasteiger partial charge in [0, 0.05) is 42.1 Å². The number of amides is 1. The molecule has 0 unspecified atom stereocenters. The number of piperidine rings is 1. The Kier molecular flexibility index (Phi) is 4.56. The second kappa shape index (κ2) is 6.98. The predicted molar refractivity (Wildman–Crippen MR) is 97.0 cm³/mol. The van der Waals surface area contributed by atoms with Crippen LogP contribution in [0.25, 0.3) is 10.9 Å². The molecule has 0 saturated carbocycles. The average Bonchev–Trinajstić information content (AvgIpc) is 3.20. The summed E-state index contributed by atoms with van der Waals surface area (Å²) < 4.78 is 0. The van der Waals surface area contributed by atoms with Gasteiger partial charge in [0.2, 0.25) is 5.91 Å². The van der Waals surface area contributed by atoms with Crippen LogP contribution in [-0.4, -0.2) is 41.0 Å². The largest absolute Gasteiger partial charge is 0.361 e. The number of carbonyl (C=O) groups is 1. The first-order chi connectivity index (χ1) is 11.8. The minimum Gasteiger partial charge on any atom is -0.361 e. The van der Waals surface area contributed by atoms with Crippen LogP contribution in [-0.2, 0) is 11.2 Å². The molecule has 0 spiro atoms. The minimum absolute atomic E-state index is 0.229. The van der Waals surface area contributed by atoms with Crippen molar-refractivity contribution < 1.29 is 4.79 Å². The van der Waals surface area contributed by atoms with Crippen molar-refractivity contribution in [2.75, 3.05) is 13.1 Å². The molecule has 128 valence electrons. The third kappa shape index (κ3) is 3.20. The summed E-state index contributed by atoms with van der Waals surface area (Å²) in [6.07, 6.45) is 9.59. The van der Waals surface area contributed by atoms with Crippen molar-refractivity contribution in [2.24, 2.45) is 0 Å². The van der Waals surface area contributed by atoms with E-state index in [9.17, 15) is 4.79 Å². The van der Waals surface area contributed by atoms with Gasteiger partial charge in [0.25, 0.3) is 0 Å². The number of hydrogen-bond acceptors (Lipinski definition) is 2. The van der Waals surface area contributed by atoms with E-state index in [2.05, 4.69) is 39.6 Å². The molecule has 2 N–H and O–H groups in total. The molecule has 4 heteroatoms. The first-order valence-corrected chi connectivity index (χ1v) is 9.40. The molecule has 2 aromatic rings. The van der Waals surface area contributed by atoms with Crippen LogP contribution in [0, 0.1) is 0 Å². The van der Waals surface area contributed by atoms with E-state index in [0.29, 0.717) is 18.5 Å². The van der Waals surface area contributed by atoms with E-state index in [1.807, 2.05) is 6.07 Å². The first kappa shape index (κ1) is 15.7. The number of aromatic nitrogens is 1. The van der Waals surface area contributed by atoms with E-state index >= 15 is 0 Å². The monoisotopic (exact) mass is 325 g/mol. The zero-order chi connectivity index (χ0) is 16.4. The number of rotatable bonds is 5. The molecule has 2 atom stereocenters. The van der Waals surface area contributed by atoms with Gasteiger partial charge < -0.3 is 10.3 Å². The van der Waals surface area contributed by atoms with Gasteiger partial charge >= 0.3 is 0 Å². The average molecular weight is 325 g/mol. The highest BCUT2D eigenvalue weighted by Crippen LogP contribution is 2.27. The Morgan fingerprint density at radius 3 is 3.08 bits per heavy atom. The van der Waals surface area contributed by atoms with Gasteiger partial charge in [-0.2, -0.15) is 0 Å². The lowest BCUT2D eigenvalue weighted by Crippen LogP contribution is -2.46. The van der Waals surface area contributed by atoms with Gasteiger partial charge in [-0.25, -0.2) is 0 Å². The number of aryl methyl sites for hydroxylation is 1. The fourth-order valence-electron chi connectivity index (χ4n) is 4.47. The number of nitrogens with one attached hydrogen (secondary N) is 2. The highest BCUT2D eigenvalue weighted by Gasteiger charge is 2.35. The Labute approximate surface area is 143 Å². The van der Waals surface area contributed by atoms with Crippen molar-refractivity contribution in [3.8, 4) is 0 Å². The summed E-state index contributed by atoms with van der Waals surface area (Å²) in [5.74, 6) is 0.229. The summed E-state index contributed by atoms with van der Waals surface area (Å²) in [5.41, 5.74) is 2.50. The number of nitrogens with zero attached hydrogens (tertiary/aromatic N) is 1. The van der Waals surface area contributed by atoms with E-state index in [1.54, 1.807) is 0 Å². The molecule has 0 radical (unpaired) electrons. The summed E-state index contributed by atoms with van der Waals surface area (Å²) in [6.45, 7) is 2.38. The van der Waals surface area contributed by atoms with Gasteiger partial charge in [-0.1, -0.05) is 24.6 Å². The topological polar surface area (TPSA) is 48.1 Å². The lowest BCUT2D eigenvalue weighted by Gasteiger charge is -2.32. The van der Waals surface area contributed by atoms with Gasteiger partial charge in [0.05, 0.1) is 0 Å². The molecule has 24 heavy (non-hydrogen) atoms. The highest BCUT2D eigenvalue weighted by molar-refractivity contribution is 5.83. The molecular formula is C20H27N3O. The summed E-state index contributed by atoms with van der Waals surface area (Å²) in [5, 5.41) is 4.59. The fourth-order valence-corrected chi connectivity index (χ4v) is 4.47. The van der Waals surface area contributed by atoms with Gasteiger partial charge in [-0.05, 0) is 50.3 Å². The maximum absolute atomic E-state index is 12.3. The third-order valence-corrected chi connectivity index (χ3v) is 5.73. The zero-order valence-corrected chi connectivity index (χ0v) is 14.3. The molecule has 2 aliphatic rings. The number of hydrogen-bond donors (Lipinski definition) is 2. The Balaban J connectivity index is 1.26. The minimum atomic E-state index is 0.229. The van der Waals surface area contributed by atoms with Crippen LogP contribution >= 0.6 is 0 Å². The van der Waals surface area contributed by atoms with Gasteiger partial charge in [-0.3, -0.25) is 9.69 Å². The van der Waals surface area contributed by atoms with Crippen LogP contribution in [0.1, 0.15) is 44.1 Å². The van der Waals surface area contributed by atoms with Crippen LogP contribution in [0.5, 0.6) is 0 Å². The van der Waals surface area contributed by atoms with Gasteiger partial charge in [-0.15, -0.1) is 0 Å². The maximum atomic E-state index is 12.3. The Morgan fingerprint density at radius 1 is 1.21 bits per heavy atom. The predicted octanol–water partition coefficient (Wildman–Crippen LogP) is 3.23. The van der Waals surface area contributed by atoms with E-state index in [1.165, 1.54) is 42.3 Å². The number of para-hydroxylation sites is 1. The number of carbonyl (C=O) groups excluding carboxylic acids is 1. The standard InChI is InChI=1S/C20H27N3O/c24-20(22-18-11-13-23-12-4-3-9-19(18)23)10-5-6-15-14-21-17-8-2-1-7-16(15)17/h1-2,7-8,14,18-19,21H,3-6,9-13H2,(H,22,24)/t18-,19+/m1/s1. The van der Waals surface area contributed by atoms with E-state index < -0.39 is 0 Å². The lowest BCUT2D eigenvalue weighted by atomic mass is 9.99. The summed E-state index contributed by atoms with van der Waals surface area (Å²) in [7, 11) is 0. The molecule has 0 aliphatic carbocycles. The van der Waals surface area contributed by atoms with Crippen molar-refractivity contribution in [2.45, 2.75) is 57.0 Å². The van der Waals surface area contributed by atoms with Crippen LogP contribution in [0.4, 0.5) is 0 Å². The first-order valence-electron chi connectivity index (χ1n) is 9.40. The molecule has 1 aromatic carbocycles. The van der Waals surface area contributed by atoms with E-state index in [-0.39, 0.29) is 5.91 Å². The van der Waals surface area contributed by atoms with Crippen molar-refractivity contribution in [1.82, 2.24) is 15.2 Å². The fraction of sp³-hybridized carbons (Fsp3) is 0.550. The zero-order valence-electron chi connectivity index (χ0n) is 14.3. The molecule has 2 saturated heterocycles.